The van der Waals surface area contributed by atoms with Crippen LogP contribution in [-0.2, 0) is 4.79 Å². The van der Waals surface area contributed by atoms with Crippen LogP contribution in [0.4, 0.5) is 0 Å². The van der Waals surface area contributed by atoms with E-state index in [2.05, 4.69) is 5.16 Å². The molecule has 1 aromatic heterocycles. The number of allylic oxidation sites excluding steroid dienone is 1. The number of aryl methyl sites for hydroxylation is 2. The molecule has 0 N–H and O–H groups in total. The molecule has 0 aliphatic rings. The minimum Gasteiger partial charge on any atom is -0.361 e. The number of carbonyl (C=O) groups is 1. The van der Waals surface area contributed by atoms with Crippen molar-refractivity contribution in [3.05, 3.63) is 23.1 Å². The van der Waals surface area contributed by atoms with E-state index in [1.165, 1.54) is 0 Å². The molecule has 0 spiro atoms. The highest BCUT2D eigenvalue weighted by atomic mass is 16.5. The summed E-state index contributed by atoms with van der Waals surface area (Å²) in [6, 6.07) is 0. The first-order valence-electron chi connectivity index (χ1n) is 3.78. The molecule has 3 heteroatoms. The maximum Gasteiger partial charge on any atom is 0.141 e. The highest BCUT2D eigenvalue weighted by Gasteiger charge is 2.03. The van der Waals surface area contributed by atoms with Crippen LogP contribution in [0.3, 0.4) is 0 Å². The number of hydrogen-bond acceptors (Lipinski definition) is 3. The molecule has 0 aliphatic heterocycles. The van der Waals surface area contributed by atoms with Gasteiger partial charge in [0.05, 0.1) is 5.69 Å². The van der Waals surface area contributed by atoms with Gasteiger partial charge in [-0.25, -0.2) is 0 Å². The molecular formula is C9H11NO2. The van der Waals surface area contributed by atoms with Crippen molar-refractivity contribution in [1.82, 2.24) is 5.16 Å². The predicted octanol–water partition coefficient (Wildman–Crippen LogP) is 1.89. The molecule has 0 saturated carbocycles. The fourth-order valence-electron chi connectivity index (χ4n) is 0.969. The smallest absolute Gasteiger partial charge is 0.141 e. The largest absolute Gasteiger partial charge is 0.361 e. The predicted molar refractivity (Wildman–Crippen MR) is 45.7 cm³/mol. The Morgan fingerprint density at radius 3 is 2.75 bits per heavy atom. The molecule has 0 amide bonds. The second-order valence-corrected chi connectivity index (χ2v) is 2.54. The molecule has 3 nitrogen and oxygen atoms in total. The van der Waals surface area contributed by atoms with E-state index in [4.69, 9.17) is 4.52 Å². The minimum atomic E-state index is 0.435. The Hall–Kier alpha value is -1.38. The Morgan fingerprint density at radius 1 is 1.50 bits per heavy atom. The third kappa shape index (κ3) is 1.81. The number of aromatic nitrogens is 1. The van der Waals surface area contributed by atoms with Gasteiger partial charge < -0.3 is 9.32 Å². The Bertz CT molecular complexity index is 280. The van der Waals surface area contributed by atoms with Crippen molar-refractivity contribution in [3.63, 3.8) is 0 Å². The molecule has 0 fully saturated rings. The first-order chi connectivity index (χ1) is 5.75. The van der Waals surface area contributed by atoms with E-state index in [0.29, 0.717) is 6.42 Å². The zero-order valence-corrected chi connectivity index (χ0v) is 7.20. The van der Waals surface area contributed by atoms with Crippen LogP contribution < -0.4 is 0 Å². The van der Waals surface area contributed by atoms with E-state index in [1.807, 2.05) is 19.9 Å². The van der Waals surface area contributed by atoms with Gasteiger partial charge in [0.15, 0.2) is 0 Å². The average molecular weight is 165 g/mol. The van der Waals surface area contributed by atoms with Crippen molar-refractivity contribution >= 4 is 12.4 Å². The van der Waals surface area contributed by atoms with Gasteiger partial charge >= 0.3 is 0 Å². The van der Waals surface area contributed by atoms with Crippen molar-refractivity contribution in [3.8, 4) is 0 Å². The molecule has 1 aromatic rings. The van der Waals surface area contributed by atoms with Crippen molar-refractivity contribution in [2.45, 2.75) is 20.3 Å². The van der Waals surface area contributed by atoms with Crippen LogP contribution in [0.25, 0.3) is 6.08 Å². The van der Waals surface area contributed by atoms with Gasteiger partial charge in [-0.2, -0.15) is 0 Å². The van der Waals surface area contributed by atoms with Gasteiger partial charge in [-0.3, -0.25) is 0 Å². The summed E-state index contributed by atoms with van der Waals surface area (Å²) >= 11 is 0. The summed E-state index contributed by atoms with van der Waals surface area (Å²) in [5.74, 6) is 0.787. The van der Waals surface area contributed by atoms with Gasteiger partial charge in [-0.1, -0.05) is 17.3 Å². The van der Waals surface area contributed by atoms with Crippen LogP contribution in [0, 0.1) is 13.8 Å². The summed E-state index contributed by atoms with van der Waals surface area (Å²) < 4.78 is 4.94. The SMILES string of the molecule is Cc1noc(C)c1C=CCC=O. The minimum absolute atomic E-state index is 0.435. The number of aldehydes is 1. The van der Waals surface area contributed by atoms with E-state index in [-0.39, 0.29) is 0 Å². The fraction of sp³-hybridized carbons (Fsp3) is 0.333. The Kier molecular flexibility index (Phi) is 2.80. The van der Waals surface area contributed by atoms with E-state index < -0.39 is 0 Å². The third-order valence-electron chi connectivity index (χ3n) is 1.61. The summed E-state index contributed by atoms with van der Waals surface area (Å²) in [7, 11) is 0. The van der Waals surface area contributed by atoms with Gasteiger partial charge in [-0.05, 0) is 13.8 Å². The molecule has 1 heterocycles. The van der Waals surface area contributed by atoms with Crippen molar-refractivity contribution < 1.29 is 9.32 Å². The lowest BCUT2D eigenvalue weighted by Gasteiger charge is -1.86. The van der Waals surface area contributed by atoms with Crippen LogP contribution in [0.1, 0.15) is 23.4 Å². The Labute approximate surface area is 71.1 Å². The van der Waals surface area contributed by atoms with Crippen LogP contribution in [0.2, 0.25) is 0 Å². The van der Waals surface area contributed by atoms with Gasteiger partial charge in [-0.15, -0.1) is 0 Å². The van der Waals surface area contributed by atoms with Gasteiger partial charge in [0.2, 0.25) is 0 Å². The molecule has 0 saturated heterocycles. The zero-order chi connectivity index (χ0) is 8.97. The molecule has 12 heavy (non-hydrogen) atoms. The maximum absolute atomic E-state index is 10.0. The highest BCUT2D eigenvalue weighted by molar-refractivity contribution is 5.59. The highest BCUT2D eigenvalue weighted by Crippen LogP contribution is 2.13. The van der Waals surface area contributed by atoms with Crippen molar-refractivity contribution in [2.24, 2.45) is 0 Å². The number of hydrogen-bond donors (Lipinski definition) is 0. The van der Waals surface area contributed by atoms with Gasteiger partial charge in [0.1, 0.15) is 12.0 Å². The molecule has 0 bridgehead atoms. The summed E-state index contributed by atoms with van der Waals surface area (Å²) in [6.45, 7) is 3.72. The fourth-order valence-corrected chi connectivity index (χ4v) is 0.969. The van der Waals surface area contributed by atoms with Crippen molar-refractivity contribution in [1.29, 1.82) is 0 Å². The number of carbonyl (C=O) groups excluding carboxylic acids is 1. The maximum atomic E-state index is 10.0. The second-order valence-electron chi connectivity index (χ2n) is 2.54. The molecule has 0 radical (unpaired) electrons. The van der Waals surface area contributed by atoms with E-state index in [9.17, 15) is 4.79 Å². The van der Waals surface area contributed by atoms with Crippen LogP contribution in [0.15, 0.2) is 10.6 Å². The zero-order valence-electron chi connectivity index (χ0n) is 7.20. The van der Waals surface area contributed by atoms with E-state index in [0.717, 1.165) is 23.3 Å². The summed E-state index contributed by atoms with van der Waals surface area (Å²) in [5.41, 5.74) is 1.83. The topological polar surface area (TPSA) is 43.1 Å². The number of nitrogens with zero attached hydrogens (tertiary/aromatic N) is 1. The molecule has 64 valence electrons. The quantitative estimate of drug-likeness (QED) is 0.642. The van der Waals surface area contributed by atoms with Gasteiger partial charge in [0, 0.05) is 12.0 Å². The van der Waals surface area contributed by atoms with Crippen LogP contribution in [-0.4, -0.2) is 11.4 Å². The molecule has 0 aromatic carbocycles. The third-order valence-corrected chi connectivity index (χ3v) is 1.61. The van der Waals surface area contributed by atoms with Crippen LogP contribution in [0.5, 0.6) is 0 Å². The lowest BCUT2D eigenvalue weighted by molar-refractivity contribution is -0.107. The van der Waals surface area contributed by atoms with Crippen LogP contribution >= 0.6 is 0 Å². The summed E-state index contributed by atoms with van der Waals surface area (Å²) in [4.78, 5) is 10.0. The number of rotatable bonds is 3. The van der Waals surface area contributed by atoms with E-state index >= 15 is 0 Å². The monoisotopic (exact) mass is 165 g/mol. The average Bonchev–Trinajstić information content (AvgIpc) is 2.35. The van der Waals surface area contributed by atoms with E-state index in [1.54, 1.807) is 6.08 Å². The Balaban J connectivity index is 2.80. The summed E-state index contributed by atoms with van der Waals surface area (Å²) in [6.07, 6.45) is 4.94. The first kappa shape index (κ1) is 8.71. The molecule has 1 rings (SSSR count). The molecule has 0 unspecified atom stereocenters. The standard InChI is InChI=1S/C9H11NO2/c1-7-9(5-3-4-6-11)8(2)12-10-7/h3,5-6H,4H2,1-2H3. The van der Waals surface area contributed by atoms with Gasteiger partial charge in [0.25, 0.3) is 0 Å². The Morgan fingerprint density at radius 2 is 2.25 bits per heavy atom. The lowest BCUT2D eigenvalue weighted by Crippen LogP contribution is -1.76. The normalized spacial score (nSPS) is 10.8. The van der Waals surface area contributed by atoms with Crippen molar-refractivity contribution in [2.75, 3.05) is 0 Å². The first-order valence-corrected chi connectivity index (χ1v) is 3.78. The molecular weight excluding hydrogens is 154 g/mol. The molecule has 0 aliphatic carbocycles. The second kappa shape index (κ2) is 3.85. The lowest BCUT2D eigenvalue weighted by atomic mass is 10.2. The summed E-state index contributed by atoms with van der Waals surface area (Å²) in [5, 5.41) is 3.78. The molecule has 0 atom stereocenters.